The van der Waals surface area contributed by atoms with Crippen molar-refractivity contribution in [1.29, 1.82) is 0 Å². The summed E-state index contributed by atoms with van der Waals surface area (Å²) in [5.74, 6) is -0.195. The quantitative estimate of drug-likeness (QED) is 0.633. The van der Waals surface area contributed by atoms with E-state index in [1.807, 2.05) is 12.1 Å². The lowest BCUT2D eigenvalue weighted by atomic mass is 10.0. The SMILES string of the molecule is CCCn1cc(C2=CCN(S(=O)(=O)c3ccc(NC(C)=O)cc3)CC2)c2cccnc21. The highest BCUT2D eigenvalue weighted by atomic mass is 32.2. The number of nitrogens with one attached hydrogen (secondary N) is 1. The maximum atomic E-state index is 13.1. The molecule has 3 heterocycles. The number of benzene rings is 1. The predicted octanol–water partition coefficient (Wildman–Crippen LogP) is 3.88. The Labute approximate surface area is 182 Å². The maximum absolute atomic E-state index is 13.1. The zero-order chi connectivity index (χ0) is 22.0. The molecule has 7 nitrogen and oxygen atoms in total. The summed E-state index contributed by atoms with van der Waals surface area (Å²) in [6.45, 7) is 5.20. The number of carbonyl (C=O) groups excluding carboxylic acids is 1. The van der Waals surface area contributed by atoms with Gasteiger partial charge in [0.25, 0.3) is 0 Å². The largest absolute Gasteiger partial charge is 0.332 e. The van der Waals surface area contributed by atoms with Crippen molar-refractivity contribution in [3.63, 3.8) is 0 Å². The zero-order valence-corrected chi connectivity index (χ0v) is 18.5. The highest BCUT2D eigenvalue weighted by molar-refractivity contribution is 7.89. The normalized spacial score (nSPS) is 15.1. The van der Waals surface area contributed by atoms with Crippen molar-refractivity contribution in [3.8, 4) is 0 Å². The van der Waals surface area contributed by atoms with Gasteiger partial charge in [-0.25, -0.2) is 13.4 Å². The van der Waals surface area contributed by atoms with Crippen LogP contribution >= 0.6 is 0 Å². The van der Waals surface area contributed by atoms with Crippen LogP contribution in [0.3, 0.4) is 0 Å². The Morgan fingerprint density at radius 1 is 1.19 bits per heavy atom. The lowest BCUT2D eigenvalue weighted by Gasteiger charge is -2.26. The van der Waals surface area contributed by atoms with Gasteiger partial charge in [-0.2, -0.15) is 4.31 Å². The molecule has 2 aromatic heterocycles. The van der Waals surface area contributed by atoms with Gasteiger partial charge >= 0.3 is 0 Å². The molecule has 162 valence electrons. The van der Waals surface area contributed by atoms with Gasteiger partial charge < -0.3 is 9.88 Å². The van der Waals surface area contributed by atoms with Crippen LogP contribution in [0, 0.1) is 0 Å². The summed E-state index contributed by atoms with van der Waals surface area (Å²) in [5.41, 5.74) is 3.83. The molecule has 0 bridgehead atoms. The van der Waals surface area contributed by atoms with Crippen LogP contribution in [0.5, 0.6) is 0 Å². The molecule has 0 radical (unpaired) electrons. The molecule has 0 fully saturated rings. The van der Waals surface area contributed by atoms with Crippen molar-refractivity contribution >= 4 is 38.2 Å². The number of hydrogen-bond donors (Lipinski definition) is 1. The van der Waals surface area contributed by atoms with Gasteiger partial charge in [0.05, 0.1) is 4.90 Å². The smallest absolute Gasteiger partial charge is 0.243 e. The Hall–Kier alpha value is -2.97. The summed E-state index contributed by atoms with van der Waals surface area (Å²) >= 11 is 0. The van der Waals surface area contributed by atoms with Crippen LogP contribution in [-0.4, -0.2) is 41.3 Å². The van der Waals surface area contributed by atoms with Gasteiger partial charge in [0.15, 0.2) is 0 Å². The van der Waals surface area contributed by atoms with Gasteiger partial charge in [-0.3, -0.25) is 4.79 Å². The topological polar surface area (TPSA) is 84.3 Å². The van der Waals surface area contributed by atoms with E-state index in [0.717, 1.165) is 35.1 Å². The monoisotopic (exact) mass is 438 g/mol. The number of aromatic nitrogens is 2. The minimum Gasteiger partial charge on any atom is -0.332 e. The number of amides is 1. The summed E-state index contributed by atoms with van der Waals surface area (Å²) < 4.78 is 29.8. The van der Waals surface area contributed by atoms with E-state index >= 15 is 0 Å². The molecule has 1 aromatic carbocycles. The van der Waals surface area contributed by atoms with Crippen LogP contribution in [-0.2, 0) is 21.4 Å². The second-order valence-electron chi connectivity index (χ2n) is 7.66. The predicted molar refractivity (Wildman–Crippen MR) is 122 cm³/mol. The number of aryl methyl sites for hydroxylation is 1. The van der Waals surface area contributed by atoms with Gasteiger partial charge in [0, 0.05) is 55.6 Å². The third-order valence-corrected chi connectivity index (χ3v) is 7.31. The Balaban J connectivity index is 1.57. The van der Waals surface area contributed by atoms with Crippen LogP contribution < -0.4 is 5.32 Å². The molecule has 0 saturated carbocycles. The fourth-order valence-electron chi connectivity index (χ4n) is 3.97. The summed E-state index contributed by atoms with van der Waals surface area (Å²) in [4.78, 5) is 15.9. The number of hydrogen-bond acceptors (Lipinski definition) is 4. The first-order valence-corrected chi connectivity index (χ1v) is 11.8. The number of carbonyl (C=O) groups is 1. The van der Waals surface area contributed by atoms with Crippen molar-refractivity contribution in [2.45, 2.75) is 38.1 Å². The van der Waals surface area contributed by atoms with Crippen molar-refractivity contribution in [3.05, 3.63) is 60.4 Å². The Morgan fingerprint density at radius 2 is 1.97 bits per heavy atom. The molecule has 1 aliphatic heterocycles. The number of fused-ring (bicyclic) bond motifs is 1. The molecule has 8 heteroatoms. The number of rotatable bonds is 6. The fourth-order valence-corrected chi connectivity index (χ4v) is 5.35. The lowest BCUT2D eigenvalue weighted by Crippen LogP contribution is -2.34. The molecule has 31 heavy (non-hydrogen) atoms. The molecular weight excluding hydrogens is 412 g/mol. The first-order valence-electron chi connectivity index (χ1n) is 10.4. The summed E-state index contributed by atoms with van der Waals surface area (Å²) in [6, 6.07) is 10.3. The maximum Gasteiger partial charge on any atom is 0.243 e. The molecule has 0 aliphatic carbocycles. The minimum atomic E-state index is -3.60. The number of sulfonamides is 1. The van der Waals surface area contributed by atoms with Gasteiger partial charge in [-0.15, -0.1) is 0 Å². The van der Waals surface area contributed by atoms with Crippen molar-refractivity contribution in [1.82, 2.24) is 13.9 Å². The van der Waals surface area contributed by atoms with Gasteiger partial charge in [0.1, 0.15) is 5.65 Å². The van der Waals surface area contributed by atoms with E-state index in [0.29, 0.717) is 25.2 Å². The van der Waals surface area contributed by atoms with Crippen LogP contribution in [0.15, 0.2) is 59.8 Å². The van der Waals surface area contributed by atoms with E-state index in [2.05, 4.69) is 34.1 Å². The summed E-state index contributed by atoms with van der Waals surface area (Å²) in [6.07, 6.45) is 7.61. The Kier molecular flexibility index (Phi) is 5.93. The van der Waals surface area contributed by atoms with Crippen LogP contribution in [0.2, 0.25) is 0 Å². The number of pyridine rings is 1. The molecule has 3 aromatic rings. The van der Waals surface area contributed by atoms with Crippen LogP contribution in [0.4, 0.5) is 5.69 Å². The third kappa shape index (κ3) is 4.26. The highest BCUT2D eigenvalue weighted by Crippen LogP contribution is 2.32. The van der Waals surface area contributed by atoms with Gasteiger partial charge in [-0.1, -0.05) is 13.0 Å². The molecule has 0 atom stereocenters. The van der Waals surface area contributed by atoms with Crippen molar-refractivity contribution < 1.29 is 13.2 Å². The molecule has 4 rings (SSSR count). The Morgan fingerprint density at radius 3 is 2.61 bits per heavy atom. The molecular formula is C23H26N4O3S. The molecule has 1 N–H and O–H groups in total. The third-order valence-electron chi connectivity index (χ3n) is 5.43. The van der Waals surface area contributed by atoms with E-state index in [-0.39, 0.29) is 10.8 Å². The average Bonchev–Trinajstić information content (AvgIpc) is 3.13. The van der Waals surface area contributed by atoms with Crippen molar-refractivity contribution in [2.75, 3.05) is 18.4 Å². The first kappa shape index (κ1) is 21.3. The van der Waals surface area contributed by atoms with E-state index in [4.69, 9.17) is 0 Å². The van der Waals surface area contributed by atoms with Crippen molar-refractivity contribution in [2.24, 2.45) is 0 Å². The molecule has 0 spiro atoms. The average molecular weight is 439 g/mol. The van der Waals surface area contributed by atoms with E-state index in [1.54, 1.807) is 18.3 Å². The van der Waals surface area contributed by atoms with Crippen LogP contribution in [0.1, 0.15) is 32.3 Å². The highest BCUT2D eigenvalue weighted by Gasteiger charge is 2.27. The molecule has 0 unspecified atom stereocenters. The lowest BCUT2D eigenvalue weighted by molar-refractivity contribution is -0.114. The zero-order valence-electron chi connectivity index (χ0n) is 17.7. The fraction of sp³-hybridized carbons (Fsp3) is 0.304. The Bertz CT molecular complexity index is 1240. The second-order valence-corrected chi connectivity index (χ2v) is 9.60. The number of nitrogens with zero attached hydrogens (tertiary/aromatic N) is 3. The van der Waals surface area contributed by atoms with E-state index in [1.165, 1.54) is 23.4 Å². The minimum absolute atomic E-state index is 0.195. The van der Waals surface area contributed by atoms with Gasteiger partial charge in [-0.05, 0) is 54.8 Å². The molecule has 0 saturated heterocycles. The van der Waals surface area contributed by atoms with Gasteiger partial charge in [0.2, 0.25) is 15.9 Å². The van der Waals surface area contributed by atoms with E-state index in [9.17, 15) is 13.2 Å². The summed E-state index contributed by atoms with van der Waals surface area (Å²) in [7, 11) is -3.60. The second kappa shape index (κ2) is 8.64. The molecule has 1 amide bonds. The summed E-state index contributed by atoms with van der Waals surface area (Å²) in [5, 5.41) is 3.75. The van der Waals surface area contributed by atoms with Crippen LogP contribution in [0.25, 0.3) is 16.6 Å². The standard InChI is InChI=1S/C23H26N4O3S/c1-3-13-26-16-22(21-5-4-12-24-23(21)26)18-10-14-27(15-11-18)31(29,30)20-8-6-19(7-9-20)25-17(2)28/h4-10,12,16H,3,11,13-15H2,1-2H3,(H,25,28). The number of anilines is 1. The molecule has 1 aliphatic rings. The first-order chi connectivity index (χ1) is 14.9. The van der Waals surface area contributed by atoms with E-state index < -0.39 is 10.0 Å².